The number of hydrogen-bond donors (Lipinski definition) is 1. The minimum atomic E-state index is -0.319. The zero-order valence-electron chi connectivity index (χ0n) is 12.7. The lowest BCUT2D eigenvalue weighted by Gasteiger charge is -2.09. The van der Waals surface area contributed by atoms with E-state index < -0.39 is 0 Å². The quantitative estimate of drug-likeness (QED) is 0.774. The molecular weight excluding hydrogens is 327 g/mol. The van der Waals surface area contributed by atoms with E-state index in [-0.39, 0.29) is 29.4 Å². The highest BCUT2D eigenvalue weighted by molar-refractivity contribution is 7.10. The molecule has 0 aliphatic heterocycles. The second-order valence-electron chi connectivity index (χ2n) is 5.29. The van der Waals surface area contributed by atoms with Crippen LogP contribution in [0.5, 0.6) is 0 Å². The summed E-state index contributed by atoms with van der Waals surface area (Å²) in [7, 11) is 0. The third-order valence-corrected chi connectivity index (χ3v) is 4.35. The Balaban J connectivity index is 1.74. The molecule has 6 heteroatoms. The number of carbonyl (C=O) groups is 1. The van der Waals surface area contributed by atoms with Crippen LogP contribution in [0.25, 0.3) is 0 Å². The fourth-order valence-electron chi connectivity index (χ4n) is 2.31. The molecule has 2 aromatic heterocycles. The number of thiophene rings is 1. The Labute approximate surface area is 142 Å². The van der Waals surface area contributed by atoms with E-state index in [1.165, 1.54) is 28.0 Å². The molecule has 122 valence electrons. The van der Waals surface area contributed by atoms with Crippen LogP contribution in [0.1, 0.15) is 10.4 Å². The second kappa shape index (κ2) is 7.23. The first-order valence-electron chi connectivity index (χ1n) is 7.38. The summed E-state index contributed by atoms with van der Waals surface area (Å²) in [6.45, 7) is 0.313. The molecule has 0 radical (unpaired) electrons. The molecule has 4 nitrogen and oxygen atoms in total. The summed E-state index contributed by atoms with van der Waals surface area (Å²) in [5.41, 5.74) is 0.753. The second-order valence-corrected chi connectivity index (χ2v) is 6.32. The van der Waals surface area contributed by atoms with Gasteiger partial charge in [-0.2, -0.15) is 0 Å². The molecule has 0 atom stereocenters. The fraction of sp³-hybridized carbons (Fsp3) is 0.111. The van der Waals surface area contributed by atoms with Crippen LogP contribution in [0.4, 0.5) is 10.1 Å². The first-order chi connectivity index (χ1) is 11.6. The van der Waals surface area contributed by atoms with Gasteiger partial charge in [-0.25, -0.2) is 4.39 Å². The Kier molecular flexibility index (Phi) is 4.86. The van der Waals surface area contributed by atoms with E-state index >= 15 is 0 Å². The molecule has 24 heavy (non-hydrogen) atoms. The normalized spacial score (nSPS) is 10.5. The van der Waals surface area contributed by atoms with E-state index in [0.29, 0.717) is 6.54 Å². The Hall–Kier alpha value is -2.73. The SMILES string of the molecule is O=C(Cc1cccs1)Nc1cccn(Cc2ccc(F)cc2)c1=O. The number of pyridine rings is 1. The van der Waals surface area contributed by atoms with Crippen LogP contribution in [0.2, 0.25) is 0 Å². The Morgan fingerprint density at radius 1 is 1.12 bits per heavy atom. The van der Waals surface area contributed by atoms with E-state index in [0.717, 1.165) is 10.4 Å². The van der Waals surface area contributed by atoms with Crippen LogP contribution in [-0.2, 0) is 17.8 Å². The van der Waals surface area contributed by atoms with Crippen molar-refractivity contribution >= 4 is 22.9 Å². The number of benzene rings is 1. The first-order valence-corrected chi connectivity index (χ1v) is 8.26. The van der Waals surface area contributed by atoms with Gasteiger partial charge >= 0.3 is 0 Å². The minimum absolute atomic E-state index is 0.228. The van der Waals surface area contributed by atoms with Crippen molar-refractivity contribution in [3.05, 3.63) is 86.7 Å². The number of carbonyl (C=O) groups excluding carboxylic acids is 1. The zero-order chi connectivity index (χ0) is 16.9. The van der Waals surface area contributed by atoms with E-state index in [4.69, 9.17) is 0 Å². The summed E-state index contributed by atoms with van der Waals surface area (Å²) in [6, 6.07) is 13.0. The largest absolute Gasteiger partial charge is 0.321 e. The number of hydrogen-bond acceptors (Lipinski definition) is 3. The molecule has 0 fully saturated rings. The van der Waals surface area contributed by atoms with Gasteiger partial charge in [0.15, 0.2) is 0 Å². The number of nitrogens with zero attached hydrogens (tertiary/aromatic N) is 1. The molecule has 0 aliphatic rings. The maximum atomic E-state index is 13.0. The summed E-state index contributed by atoms with van der Waals surface area (Å²) in [5.74, 6) is -0.547. The van der Waals surface area contributed by atoms with Gasteiger partial charge in [0.2, 0.25) is 5.91 Å². The average Bonchev–Trinajstić information content (AvgIpc) is 3.06. The van der Waals surface area contributed by atoms with Gasteiger partial charge < -0.3 is 9.88 Å². The van der Waals surface area contributed by atoms with Crippen LogP contribution >= 0.6 is 11.3 Å². The van der Waals surface area contributed by atoms with Crippen LogP contribution in [-0.4, -0.2) is 10.5 Å². The standard InChI is InChI=1S/C18H15FN2O2S/c19-14-7-5-13(6-8-14)12-21-9-1-4-16(18(21)23)20-17(22)11-15-3-2-10-24-15/h1-10H,11-12H2,(H,20,22). The van der Waals surface area contributed by atoms with Crippen molar-refractivity contribution in [3.8, 4) is 0 Å². The van der Waals surface area contributed by atoms with Gasteiger partial charge in [-0.15, -0.1) is 11.3 Å². The lowest BCUT2D eigenvalue weighted by molar-refractivity contribution is -0.115. The van der Waals surface area contributed by atoms with Crippen LogP contribution in [0.15, 0.2) is 64.9 Å². The van der Waals surface area contributed by atoms with Crippen LogP contribution in [0.3, 0.4) is 0 Å². The molecule has 0 bridgehead atoms. The predicted molar refractivity (Wildman–Crippen MR) is 92.9 cm³/mol. The highest BCUT2D eigenvalue weighted by atomic mass is 32.1. The van der Waals surface area contributed by atoms with E-state index in [1.54, 1.807) is 30.5 Å². The maximum absolute atomic E-state index is 13.0. The number of aromatic nitrogens is 1. The number of amides is 1. The zero-order valence-corrected chi connectivity index (χ0v) is 13.6. The number of nitrogens with one attached hydrogen (secondary N) is 1. The first kappa shape index (κ1) is 16.1. The number of anilines is 1. The minimum Gasteiger partial charge on any atom is -0.321 e. The summed E-state index contributed by atoms with van der Waals surface area (Å²) >= 11 is 1.50. The molecule has 2 heterocycles. The van der Waals surface area contributed by atoms with E-state index in [2.05, 4.69) is 5.32 Å². The Bertz CT molecular complexity index is 886. The highest BCUT2D eigenvalue weighted by Crippen LogP contribution is 2.10. The Morgan fingerprint density at radius 3 is 2.62 bits per heavy atom. The van der Waals surface area contributed by atoms with Crippen LogP contribution < -0.4 is 10.9 Å². The molecule has 0 aliphatic carbocycles. The molecule has 1 aromatic carbocycles. The van der Waals surface area contributed by atoms with Crippen molar-refractivity contribution in [1.29, 1.82) is 0 Å². The van der Waals surface area contributed by atoms with Crippen LogP contribution in [0, 0.1) is 5.82 Å². The van der Waals surface area contributed by atoms with E-state index in [1.807, 2.05) is 17.5 Å². The lowest BCUT2D eigenvalue weighted by Crippen LogP contribution is -2.26. The monoisotopic (exact) mass is 342 g/mol. The molecule has 0 unspecified atom stereocenters. The third-order valence-electron chi connectivity index (χ3n) is 3.48. The lowest BCUT2D eigenvalue weighted by atomic mass is 10.2. The maximum Gasteiger partial charge on any atom is 0.274 e. The van der Waals surface area contributed by atoms with Gasteiger partial charge in [0.1, 0.15) is 11.5 Å². The summed E-state index contributed by atoms with van der Waals surface area (Å²) in [5, 5.41) is 4.56. The van der Waals surface area contributed by atoms with Gasteiger partial charge in [0.25, 0.3) is 5.56 Å². The van der Waals surface area contributed by atoms with Gasteiger partial charge in [-0.3, -0.25) is 9.59 Å². The van der Waals surface area contributed by atoms with Gasteiger partial charge in [-0.1, -0.05) is 18.2 Å². The smallest absolute Gasteiger partial charge is 0.274 e. The molecule has 0 saturated heterocycles. The molecule has 0 saturated carbocycles. The van der Waals surface area contributed by atoms with Gasteiger partial charge in [0.05, 0.1) is 13.0 Å². The molecule has 3 rings (SSSR count). The van der Waals surface area contributed by atoms with Crippen molar-refractivity contribution in [2.24, 2.45) is 0 Å². The fourth-order valence-corrected chi connectivity index (χ4v) is 3.01. The highest BCUT2D eigenvalue weighted by Gasteiger charge is 2.09. The van der Waals surface area contributed by atoms with Crippen molar-refractivity contribution in [2.45, 2.75) is 13.0 Å². The van der Waals surface area contributed by atoms with Crippen molar-refractivity contribution in [3.63, 3.8) is 0 Å². The summed E-state index contributed by atoms with van der Waals surface area (Å²) < 4.78 is 14.4. The molecule has 1 N–H and O–H groups in total. The topological polar surface area (TPSA) is 51.1 Å². The number of halogens is 1. The molecule has 3 aromatic rings. The third kappa shape index (κ3) is 3.97. The number of rotatable bonds is 5. The predicted octanol–water partition coefficient (Wildman–Crippen LogP) is 3.28. The van der Waals surface area contributed by atoms with Gasteiger partial charge in [0, 0.05) is 11.1 Å². The Morgan fingerprint density at radius 2 is 1.92 bits per heavy atom. The van der Waals surface area contributed by atoms with Crippen molar-refractivity contribution in [2.75, 3.05) is 5.32 Å². The molecular formula is C18H15FN2O2S. The summed E-state index contributed by atoms with van der Waals surface area (Å²) in [4.78, 5) is 25.4. The van der Waals surface area contributed by atoms with Crippen molar-refractivity contribution < 1.29 is 9.18 Å². The molecule has 0 spiro atoms. The van der Waals surface area contributed by atoms with Gasteiger partial charge in [-0.05, 0) is 41.3 Å². The summed E-state index contributed by atoms with van der Waals surface area (Å²) in [6.07, 6.45) is 1.88. The molecule has 1 amide bonds. The average molecular weight is 342 g/mol. The van der Waals surface area contributed by atoms with Crippen molar-refractivity contribution in [1.82, 2.24) is 4.57 Å². The van der Waals surface area contributed by atoms with E-state index in [9.17, 15) is 14.0 Å².